The third-order valence-corrected chi connectivity index (χ3v) is 5.87. The molecule has 0 amide bonds. The monoisotopic (exact) mass is 236 g/mol. The molecule has 4 heteroatoms. The first-order chi connectivity index (χ1) is 6.57. The molecule has 2 fully saturated rings. The van der Waals surface area contributed by atoms with Crippen molar-refractivity contribution < 1.29 is 8.42 Å². The Balaban J connectivity index is 2.03. The summed E-state index contributed by atoms with van der Waals surface area (Å²) in [5, 5.41) is -0.261. The molecule has 0 unspecified atom stereocenters. The molecule has 2 rings (SSSR count). The minimum absolute atomic E-state index is 0.261. The van der Waals surface area contributed by atoms with Crippen LogP contribution in [-0.2, 0) is 9.05 Å². The number of rotatable bonds is 1. The van der Waals surface area contributed by atoms with Gasteiger partial charge < -0.3 is 0 Å². The zero-order chi connectivity index (χ0) is 10.2. The molecule has 0 N–H and O–H groups in total. The van der Waals surface area contributed by atoms with E-state index >= 15 is 0 Å². The quantitative estimate of drug-likeness (QED) is 0.656. The first kappa shape index (κ1) is 10.7. The van der Waals surface area contributed by atoms with Gasteiger partial charge in [-0.2, -0.15) is 0 Å². The molecule has 0 saturated heterocycles. The van der Waals surface area contributed by atoms with Crippen LogP contribution in [0.15, 0.2) is 0 Å². The largest absolute Gasteiger partial charge is 0.235 e. The third kappa shape index (κ3) is 2.25. The predicted molar refractivity (Wildman–Crippen MR) is 57.9 cm³/mol. The number of hydrogen-bond acceptors (Lipinski definition) is 2. The molecule has 82 valence electrons. The summed E-state index contributed by atoms with van der Waals surface area (Å²) >= 11 is 0. The lowest BCUT2D eigenvalue weighted by molar-refractivity contribution is 0.173. The van der Waals surface area contributed by atoms with Crippen LogP contribution < -0.4 is 0 Å². The molecular weight excluding hydrogens is 220 g/mol. The van der Waals surface area contributed by atoms with Crippen molar-refractivity contribution >= 4 is 19.7 Å². The van der Waals surface area contributed by atoms with Gasteiger partial charge in [0.1, 0.15) is 0 Å². The van der Waals surface area contributed by atoms with Gasteiger partial charge in [-0.15, -0.1) is 0 Å². The Bertz CT molecular complexity index is 299. The van der Waals surface area contributed by atoms with Crippen molar-refractivity contribution in [2.45, 2.75) is 50.2 Å². The van der Waals surface area contributed by atoms with E-state index in [1.165, 1.54) is 25.7 Å². The van der Waals surface area contributed by atoms with Crippen LogP contribution in [0, 0.1) is 11.8 Å². The molecule has 0 spiro atoms. The maximum atomic E-state index is 11.2. The van der Waals surface area contributed by atoms with Gasteiger partial charge in [0.05, 0.1) is 5.25 Å². The molecule has 0 aromatic heterocycles. The number of hydrogen-bond donors (Lipinski definition) is 0. The van der Waals surface area contributed by atoms with Gasteiger partial charge in [-0.25, -0.2) is 8.42 Å². The minimum Gasteiger partial charge on any atom is -0.212 e. The SMILES string of the molecule is O=S(=O)(Cl)[C@@H]1CC[C@H]2CCCC[C@@H]2C1. The summed E-state index contributed by atoms with van der Waals surface area (Å²) in [7, 11) is 2.11. The van der Waals surface area contributed by atoms with E-state index in [4.69, 9.17) is 10.7 Å². The van der Waals surface area contributed by atoms with Crippen LogP contribution in [0.5, 0.6) is 0 Å². The lowest BCUT2D eigenvalue weighted by Crippen LogP contribution is -2.33. The van der Waals surface area contributed by atoms with Gasteiger partial charge in [0.25, 0.3) is 0 Å². The average molecular weight is 237 g/mol. The zero-order valence-corrected chi connectivity index (χ0v) is 9.86. The first-order valence-corrected chi connectivity index (χ1v) is 7.88. The maximum absolute atomic E-state index is 11.2. The lowest BCUT2D eigenvalue weighted by atomic mass is 9.71. The molecule has 14 heavy (non-hydrogen) atoms. The smallest absolute Gasteiger partial charge is 0.212 e. The highest BCUT2D eigenvalue weighted by atomic mass is 35.7. The van der Waals surface area contributed by atoms with Crippen molar-refractivity contribution in [1.82, 2.24) is 0 Å². The second-order valence-electron chi connectivity index (χ2n) is 4.72. The molecule has 0 heterocycles. The normalized spacial score (nSPS) is 39.1. The molecular formula is C10H17ClO2S. The minimum atomic E-state index is -3.30. The zero-order valence-electron chi connectivity index (χ0n) is 8.28. The van der Waals surface area contributed by atoms with Crippen molar-refractivity contribution in [3.8, 4) is 0 Å². The molecule has 0 aromatic carbocycles. The van der Waals surface area contributed by atoms with E-state index < -0.39 is 9.05 Å². The van der Waals surface area contributed by atoms with Gasteiger partial charge in [0.2, 0.25) is 9.05 Å². The Morgan fingerprint density at radius 2 is 1.57 bits per heavy atom. The second-order valence-corrected chi connectivity index (χ2v) is 7.62. The van der Waals surface area contributed by atoms with Crippen LogP contribution >= 0.6 is 10.7 Å². The van der Waals surface area contributed by atoms with Gasteiger partial charge in [0, 0.05) is 10.7 Å². The van der Waals surface area contributed by atoms with E-state index in [0.29, 0.717) is 5.92 Å². The van der Waals surface area contributed by atoms with E-state index in [0.717, 1.165) is 25.2 Å². The van der Waals surface area contributed by atoms with E-state index in [9.17, 15) is 8.42 Å². The van der Waals surface area contributed by atoms with Crippen molar-refractivity contribution in [3.63, 3.8) is 0 Å². The highest BCUT2D eigenvalue weighted by Crippen LogP contribution is 2.42. The Morgan fingerprint density at radius 3 is 2.21 bits per heavy atom. The van der Waals surface area contributed by atoms with Crippen LogP contribution in [-0.4, -0.2) is 13.7 Å². The van der Waals surface area contributed by atoms with Crippen molar-refractivity contribution in [2.75, 3.05) is 0 Å². The molecule has 3 atom stereocenters. The Hall–Kier alpha value is 0.240. The molecule has 2 nitrogen and oxygen atoms in total. The van der Waals surface area contributed by atoms with Crippen LogP contribution in [0.1, 0.15) is 44.9 Å². The summed E-state index contributed by atoms with van der Waals surface area (Å²) in [4.78, 5) is 0. The number of fused-ring (bicyclic) bond motifs is 1. The van der Waals surface area contributed by atoms with E-state index in [-0.39, 0.29) is 5.25 Å². The summed E-state index contributed by atoms with van der Waals surface area (Å²) in [6.45, 7) is 0. The predicted octanol–water partition coefficient (Wildman–Crippen LogP) is 2.91. The molecule has 2 aliphatic carbocycles. The van der Waals surface area contributed by atoms with Crippen molar-refractivity contribution in [2.24, 2.45) is 11.8 Å². The Kier molecular flexibility index (Phi) is 3.08. The number of halogens is 1. The highest BCUT2D eigenvalue weighted by Gasteiger charge is 2.36. The van der Waals surface area contributed by atoms with Crippen molar-refractivity contribution in [3.05, 3.63) is 0 Å². The van der Waals surface area contributed by atoms with Gasteiger partial charge >= 0.3 is 0 Å². The Morgan fingerprint density at radius 1 is 0.929 bits per heavy atom. The molecule has 2 aliphatic rings. The first-order valence-electron chi connectivity index (χ1n) is 5.51. The fourth-order valence-electron chi connectivity index (χ4n) is 3.09. The van der Waals surface area contributed by atoms with E-state index in [1.54, 1.807) is 0 Å². The van der Waals surface area contributed by atoms with Crippen LogP contribution in [0.2, 0.25) is 0 Å². The molecule has 0 radical (unpaired) electrons. The molecule has 0 aliphatic heterocycles. The third-order valence-electron chi connectivity index (χ3n) is 3.89. The van der Waals surface area contributed by atoms with Crippen LogP contribution in [0.25, 0.3) is 0 Å². The lowest BCUT2D eigenvalue weighted by Gasteiger charge is -2.38. The Labute approximate surface area is 90.4 Å². The van der Waals surface area contributed by atoms with Gasteiger partial charge in [-0.05, 0) is 31.1 Å². The fraction of sp³-hybridized carbons (Fsp3) is 1.00. The summed E-state index contributed by atoms with van der Waals surface area (Å²) < 4.78 is 22.5. The molecule has 2 saturated carbocycles. The van der Waals surface area contributed by atoms with Crippen LogP contribution in [0.3, 0.4) is 0 Å². The topological polar surface area (TPSA) is 34.1 Å². The summed E-state index contributed by atoms with van der Waals surface area (Å²) in [6, 6.07) is 0. The molecule has 0 bridgehead atoms. The van der Waals surface area contributed by atoms with Gasteiger partial charge in [0.15, 0.2) is 0 Å². The standard InChI is InChI=1S/C10H17ClO2S/c11-14(12,13)10-6-5-8-3-1-2-4-9(8)7-10/h8-10H,1-7H2/t8-,9-,10-/m1/s1. The van der Waals surface area contributed by atoms with Gasteiger partial charge in [-0.1, -0.05) is 25.7 Å². The maximum Gasteiger partial charge on any atom is 0.235 e. The highest BCUT2D eigenvalue weighted by molar-refractivity contribution is 8.14. The van der Waals surface area contributed by atoms with Crippen LogP contribution in [0.4, 0.5) is 0 Å². The van der Waals surface area contributed by atoms with Gasteiger partial charge in [-0.3, -0.25) is 0 Å². The molecule has 0 aromatic rings. The summed E-state index contributed by atoms with van der Waals surface area (Å²) in [5.74, 6) is 1.43. The fourth-order valence-corrected chi connectivity index (χ4v) is 4.47. The van der Waals surface area contributed by atoms with E-state index in [1.807, 2.05) is 0 Å². The second kappa shape index (κ2) is 4.01. The van der Waals surface area contributed by atoms with Crippen molar-refractivity contribution in [1.29, 1.82) is 0 Å². The summed E-state index contributed by atoms with van der Waals surface area (Å²) in [5.41, 5.74) is 0. The average Bonchev–Trinajstić information content (AvgIpc) is 2.16. The van der Waals surface area contributed by atoms with E-state index in [2.05, 4.69) is 0 Å². The summed E-state index contributed by atoms with van der Waals surface area (Å²) in [6.07, 6.45) is 7.80.